The molecular formula is C16H12F2N8O. The second-order valence-corrected chi connectivity index (χ2v) is 5.62. The molecule has 4 rings (SSSR count). The molecule has 0 aliphatic heterocycles. The van der Waals surface area contributed by atoms with Crippen LogP contribution in [0.4, 0.5) is 20.3 Å². The van der Waals surface area contributed by atoms with Crippen molar-refractivity contribution in [2.75, 3.05) is 11.1 Å². The first-order valence-corrected chi connectivity index (χ1v) is 7.59. The van der Waals surface area contributed by atoms with Crippen molar-refractivity contribution in [1.82, 2.24) is 29.1 Å². The number of anilines is 2. The SMILES string of the molecule is [2H]c1nc2c(C(=O)Nc3cncc(F)c3-c3cncn3[13CH3])c(N)nn2cc1F. The minimum absolute atomic E-state index is 0.0700. The summed E-state index contributed by atoms with van der Waals surface area (Å²) < 4.78 is 38.0. The van der Waals surface area contributed by atoms with Gasteiger partial charge in [0.25, 0.3) is 5.91 Å². The zero-order valence-corrected chi connectivity index (χ0v) is 13.8. The molecule has 0 aliphatic rings. The number of hydrogen-bond acceptors (Lipinski definition) is 6. The third-order valence-corrected chi connectivity index (χ3v) is 3.86. The smallest absolute Gasteiger partial charge is 0.263 e. The molecule has 0 spiro atoms. The molecule has 0 bridgehead atoms. The number of carbonyl (C=O) groups excluding carboxylic acids is 1. The van der Waals surface area contributed by atoms with E-state index >= 15 is 0 Å². The molecular weight excluding hydrogens is 359 g/mol. The molecule has 0 radical (unpaired) electrons. The predicted octanol–water partition coefficient (Wildman–Crippen LogP) is 1.64. The lowest BCUT2D eigenvalue weighted by Crippen LogP contribution is -2.15. The number of aromatic nitrogens is 6. The maximum atomic E-state index is 14.4. The summed E-state index contributed by atoms with van der Waals surface area (Å²) in [5.74, 6) is -2.57. The second-order valence-electron chi connectivity index (χ2n) is 5.62. The fourth-order valence-electron chi connectivity index (χ4n) is 2.67. The average molecular weight is 372 g/mol. The molecule has 0 aromatic carbocycles. The molecule has 0 aliphatic carbocycles. The van der Waals surface area contributed by atoms with Gasteiger partial charge in [-0.2, -0.15) is 0 Å². The number of hydrogen-bond donors (Lipinski definition) is 2. The lowest BCUT2D eigenvalue weighted by molar-refractivity contribution is 0.102. The average Bonchev–Trinajstić information content (AvgIpc) is 3.18. The highest BCUT2D eigenvalue weighted by Crippen LogP contribution is 2.30. The summed E-state index contributed by atoms with van der Waals surface area (Å²) in [6.45, 7) is 0. The van der Waals surface area contributed by atoms with Gasteiger partial charge in [0.05, 0.1) is 55.6 Å². The molecule has 4 heterocycles. The maximum Gasteiger partial charge on any atom is 0.263 e. The Morgan fingerprint density at radius 1 is 1.30 bits per heavy atom. The quantitative estimate of drug-likeness (QED) is 0.528. The molecule has 11 heteroatoms. The molecule has 0 atom stereocenters. The van der Waals surface area contributed by atoms with Crippen LogP contribution in [0.15, 0.2) is 37.3 Å². The van der Waals surface area contributed by atoms with Gasteiger partial charge in [0.2, 0.25) is 0 Å². The van der Waals surface area contributed by atoms with Gasteiger partial charge < -0.3 is 15.6 Å². The van der Waals surface area contributed by atoms with Crippen LogP contribution in [0.3, 0.4) is 0 Å². The Morgan fingerprint density at radius 2 is 2.11 bits per heavy atom. The van der Waals surface area contributed by atoms with Crippen molar-refractivity contribution in [2.24, 2.45) is 7.05 Å². The van der Waals surface area contributed by atoms with Crippen molar-refractivity contribution in [3.8, 4) is 11.3 Å². The standard InChI is InChI=1S/C16H12F2N8O/c1-25-7-21-5-11(25)12-9(18)3-20-4-10(12)23-16(27)13-14(19)24-26-6-8(17)2-22-15(13)26/h2-7H,1H3,(H2,19,24)(H,23,27)/i1+1,2D. The van der Waals surface area contributed by atoms with Crippen LogP contribution in [-0.2, 0) is 7.05 Å². The Labute approximate surface area is 151 Å². The van der Waals surface area contributed by atoms with Crippen LogP contribution in [0.2, 0.25) is 0 Å². The van der Waals surface area contributed by atoms with Gasteiger partial charge in [-0.3, -0.25) is 9.78 Å². The van der Waals surface area contributed by atoms with Crippen LogP contribution in [0, 0.1) is 11.6 Å². The number of nitrogens with two attached hydrogens (primary N) is 1. The third-order valence-electron chi connectivity index (χ3n) is 3.86. The zero-order valence-electron chi connectivity index (χ0n) is 14.8. The molecule has 136 valence electrons. The van der Waals surface area contributed by atoms with Crippen molar-refractivity contribution in [2.45, 2.75) is 0 Å². The van der Waals surface area contributed by atoms with Gasteiger partial charge >= 0.3 is 0 Å². The van der Waals surface area contributed by atoms with E-state index in [9.17, 15) is 13.6 Å². The molecule has 9 nitrogen and oxygen atoms in total. The number of nitrogen functional groups attached to an aromatic ring is 1. The molecule has 1 amide bonds. The second kappa shape index (κ2) is 6.12. The molecule has 0 fully saturated rings. The molecule has 0 saturated heterocycles. The number of nitrogens with zero attached hydrogens (tertiary/aromatic N) is 6. The Morgan fingerprint density at radius 3 is 2.85 bits per heavy atom. The summed E-state index contributed by atoms with van der Waals surface area (Å²) >= 11 is 0. The van der Waals surface area contributed by atoms with E-state index in [1.165, 1.54) is 18.7 Å². The van der Waals surface area contributed by atoms with Crippen LogP contribution < -0.4 is 11.1 Å². The minimum atomic E-state index is -0.921. The van der Waals surface area contributed by atoms with Gasteiger partial charge in [-0.05, 0) is 0 Å². The van der Waals surface area contributed by atoms with Crippen molar-refractivity contribution in [1.29, 1.82) is 0 Å². The number of fused-ring (bicyclic) bond motifs is 1. The van der Waals surface area contributed by atoms with Gasteiger partial charge in [-0.1, -0.05) is 0 Å². The fourth-order valence-corrected chi connectivity index (χ4v) is 2.67. The van der Waals surface area contributed by atoms with Gasteiger partial charge in [0, 0.05) is 7.05 Å². The lowest BCUT2D eigenvalue weighted by Gasteiger charge is -2.11. The van der Waals surface area contributed by atoms with Gasteiger partial charge in [-0.15, -0.1) is 5.10 Å². The van der Waals surface area contributed by atoms with E-state index in [1.54, 1.807) is 11.6 Å². The number of halogens is 2. The van der Waals surface area contributed by atoms with E-state index in [1.807, 2.05) is 0 Å². The molecule has 27 heavy (non-hydrogen) atoms. The van der Waals surface area contributed by atoms with Crippen molar-refractivity contribution < 1.29 is 14.9 Å². The van der Waals surface area contributed by atoms with Crippen LogP contribution in [0.5, 0.6) is 0 Å². The highest BCUT2D eigenvalue weighted by Gasteiger charge is 2.22. The van der Waals surface area contributed by atoms with Crippen molar-refractivity contribution in [3.63, 3.8) is 0 Å². The summed E-state index contributed by atoms with van der Waals surface area (Å²) in [7, 11) is 1.67. The van der Waals surface area contributed by atoms with E-state index in [0.717, 1.165) is 16.9 Å². The van der Waals surface area contributed by atoms with E-state index in [4.69, 9.17) is 7.10 Å². The lowest BCUT2D eigenvalue weighted by atomic mass is 10.1. The van der Waals surface area contributed by atoms with Crippen molar-refractivity contribution in [3.05, 3.63) is 54.5 Å². The number of nitrogens with one attached hydrogen (secondary N) is 1. The third kappa shape index (κ3) is 2.74. The highest BCUT2D eigenvalue weighted by atomic mass is 19.1. The molecule has 0 saturated carbocycles. The van der Waals surface area contributed by atoms with Crippen LogP contribution >= 0.6 is 0 Å². The first-order valence-electron chi connectivity index (χ1n) is 8.09. The summed E-state index contributed by atoms with van der Waals surface area (Å²) in [6, 6.07) is 0. The number of carbonyl (C=O) groups is 1. The van der Waals surface area contributed by atoms with Gasteiger partial charge in [-0.25, -0.2) is 23.3 Å². The maximum absolute atomic E-state index is 14.4. The number of aryl methyl sites for hydroxylation is 1. The van der Waals surface area contributed by atoms with Crippen LogP contribution in [0.1, 0.15) is 11.7 Å². The summed E-state index contributed by atoms with van der Waals surface area (Å²) in [4.78, 5) is 24.2. The summed E-state index contributed by atoms with van der Waals surface area (Å²) in [5, 5.41) is 6.35. The number of imidazole rings is 1. The number of pyridine rings is 1. The minimum Gasteiger partial charge on any atom is -0.381 e. The largest absolute Gasteiger partial charge is 0.381 e. The number of rotatable bonds is 3. The summed E-state index contributed by atoms with van der Waals surface area (Å²) in [5.41, 5.74) is 6.06. The Hall–Kier alpha value is -3.89. The van der Waals surface area contributed by atoms with E-state index < -0.39 is 23.7 Å². The normalized spacial score (nSPS) is 11.6. The molecule has 4 aromatic rings. The Balaban J connectivity index is 1.80. The van der Waals surface area contributed by atoms with Gasteiger partial charge in [0.15, 0.2) is 23.1 Å². The van der Waals surface area contributed by atoms with Crippen LogP contribution in [-0.4, -0.2) is 35.0 Å². The first-order chi connectivity index (χ1) is 13.4. The van der Waals surface area contributed by atoms with Crippen LogP contribution in [0.25, 0.3) is 16.9 Å². The monoisotopic (exact) mass is 372 g/mol. The highest BCUT2D eigenvalue weighted by molar-refractivity contribution is 6.12. The van der Waals surface area contributed by atoms with Crippen molar-refractivity contribution >= 4 is 23.1 Å². The zero-order chi connectivity index (χ0) is 20.0. The predicted molar refractivity (Wildman–Crippen MR) is 91.7 cm³/mol. The van der Waals surface area contributed by atoms with E-state index in [-0.39, 0.29) is 28.3 Å². The molecule has 4 aromatic heterocycles. The molecule has 0 unspecified atom stereocenters. The topological polar surface area (TPSA) is 116 Å². The Bertz CT molecular complexity index is 1240. The van der Waals surface area contributed by atoms with Gasteiger partial charge in [0.1, 0.15) is 5.56 Å². The van der Waals surface area contributed by atoms with E-state index in [2.05, 4.69) is 25.4 Å². The Kier molecular flexibility index (Phi) is 3.49. The molecule has 3 N–H and O–H groups in total. The fraction of sp³-hybridized carbons (Fsp3) is 0.0625. The number of amides is 1. The summed E-state index contributed by atoms with van der Waals surface area (Å²) in [6.07, 6.45) is 5.44. The first kappa shape index (κ1) is 15.4. The van der Waals surface area contributed by atoms with E-state index in [0.29, 0.717) is 5.69 Å².